The number of pyridine rings is 1. The summed E-state index contributed by atoms with van der Waals surface area (Å²) in [6.07, 6.45) is 5.37. The van der Waals surface area contributed by atoms with Crippen molar-refractivity contribution >= 4 is 5.82 Å². The highest BCUT2D eigenvalue weighted by atomic mass is 15.3. The minimum atomic E-state index is 0.617. The Morgan fingerprint density at radius 2 is 1.79 bits per heavy atom. The first-order chi connectivity index (χ1) is 9.16. The summed E-state index contributed by atoms with van der Waals surface area (Å²) in [6.45, 7) is 0. The first kappa shape index (κ1) is 11.5. The molecule has 0 aliphatic rings. The van der Waals surface area contributed by atoms with Crippen molar-refractivity contribution in [1.82, 2.24) is 24.5 Å². The van der Waals surface area contributed by atoms with Gasteiger partial charge in [-0.1, -0.05) is 0 Å². The lowest BCUT2D eigenvalue weighted by Crippen LogP contribution is -1.97. The number of aromatic nitrogens is 5. The summed E-state index contributed by atoms with van der Waals surface area (Å²) in [6, 6.07) is 5.76. The topological polar surface area (TPSA) is 74.5 Å². The lowest BCUT2D eigenvalue weighted by Gasteiger charge is -2.02. The Morgan fingerprint density at radius 3 is 2.42 bits per heavy atom. The van der Waals surface area contributed by atoms with Gasteiger partial charge < -0.3 is 5.73 Å². The number of rotatable bonds is 2. The van der Waals surface area contributed by atoms with Crippen molar-refractivity contribution in [2.45, 2.75) is 0 Å². The second kappa shape index (κ2) is 4.24. The molecule has 0 unspecified atom stereocenters. The Bertz CT molecular complexity index is 710. The van der Waals surface area contributed by atoms with Crippen LogP contribution >= 0.6 is 0 Å². The van der Waals surface area contributed by atoms with E-state index >= 15 is 0 Å². The fourth-order valence-electron chi connectivity index (χ4n) is 2.06. The van der Waals surface area contributed by atoms with Crippen LogP contribution in [0.2, 0.25) is 0 Å². The predicted octanol–water partition coefficient (Wildman–Crippen LogP) is 1.46. The molecule has 0 spiro atoms. The van der Waals surface area contributed by atoms with E-state index in [-0.39, 0.29) is 0 Å². The molecule has 0 fully saturated rings. The van der Waals surface area contributed by atoms with Crippen LogP contribution in [0.15, 0.2) is 36.8 Å². The second-order valence-corrected chi connectivity index (χ2v) is 4.34. The summed E-state index contributed by atoms with van der Waals surface area (Å²) in [5, 5.41) is 8.86. The van der Waals surface area contributed by atoms with E-state index in [1.165, 1.54) is 0 Å². The molecule has 6 heteroatoms. The van der Waals surface area contributed by atoms with E-state index in [0.29, 0.717) is 5.82 Å². The molecule has 0 atom stereocenters. The largest absolute Gasteiger partial charge is 0.383 e. The molecule has 3 aromatic heterocycles. The summed E-state index contributed by atoms with van der Waals surface area (Å²) in [4.78, 5) is 4.03. The zero-order chi connectivity index (χ0) is 13.4. The summed E-state index contributed by atoms with van der Waals surface area (Å²) in [5.41, 5.74) is 9.60. The average Bonchev–Trinajstić information content (AvgIpc) is 2.96. The predicted molar refractivity (Wildman–Crippen MR) is 73.1 cm³/mol. The molecular formula is C13H14N6. The Balaban J connectivity index is 2.24. The lowest BCUT2D eigenvalue weighted by molar-refractivity contribution is 0.760. The van der Waals surface area contributed by atoms with E-state index in [1.807, 2.05) is 38.5 Å². The normalized spacial score (nSPS) is 10.8. The van der Waals surface area contributed by atoms with Gasteiger partial charge in [0.25, 0.3) is 0 Å². The van der Waals surface area contributed by atoms with Crippen molar-refractivity contribution in [1.29, 1.82) is 0 Å². The Labute approximate surface area is 110 Å². The summed E-state index contributed by atoms with van der Waals surface area (Å²) in [5.74, 6) is 0.617. The highest BCUT2D eigenvalue weighted by molar-refractivity contribution is 5.86. The van der Waals surface area contributed by atoms with E-state index in [4.69, 9.17) is 5.73 Å². The van der Waals surface area contributed by atoms with Crippen LogP contribution in [0.4, 0.5) is 5.82 Å². The summed E-state index contributed by atoms with van der Waals surface area (Å²) in [7, 11) is 3.70. The molecular weight excluding hydrogens is 240 g/mol. The van der Waals surface area contributed by atoms with E-state index < -0.39 is 0 Å². The Hall–Kier alpha value is -2.63. The third-order valence-corrected chi connectivity index (χ3v) is 3.02. The van der Waals surface area contributed by atoms with Gasteiger partial charge in [-0.3, -0.25) is 14.3 Å². The van der Waals surface area contributed by atoms with Gasteiger partial charge in [0.1, 0.15) is 17.2 Å². The molecule has 0 saturated carbocycles. The van der Waals surface area contributed by atoms with Crippen molar-refractivity contribution in [2.75, 3.05) is 5.73 Å². The molecule has 3 heterocycles. The Kier molecular flexibility index (Phi) is 2.56. The molecule has 96 valence electrons. The molecule has 0 aromatic carbocycles. The standard InChI is InChI=1S/C13H14N6/c1-18-8-5-10(16-18)12-11(13(14)19(2)17-12)9-3-6-15-7-4-9/h3-8H,14H2,1-2H3. The quantitative estimate of drug-likeness (QED) is 0.751. The van der Waals surface area contributed by atoms with Gasteiger partial charge in [0, 0.05) is 32.7 Å². The van der Waals surface area contributed by atoms with Crippen molar-refractivity contribution in [2.24, 2.45) is 14.1 Å². The van der Waals surface area contributed by atoms with E-state index in [9.17, 15) is 0 Å². The SMILES string of the molecule is Cn1ccc(-c2nn(C)c(N)c2-c2ccncc2)n1. The van der Waals surface area contributed by atoms with Crippen molar-refractivity contribution in [3.05, 3.63) is 36.8 Å². The van der Waals surface area contributed by atoms with Gasteiger partial charge in [0.2, 0.25) is 0 Å². The maximum Gasteiger partial charge on any atom is 0.129 e. The van der Waals surface area contributed by atoms with Crippen molar-refractivity contribution in [3.63, 3.8) is 0 Å². The van der Waals surface area contributed by atoms with E-state index in [1.54, 1.807) is 21.8 Å². The van der Waals surface area contributed by atoms with Gasteiger partial charge in [0.15, 0.2) is 0 Å². The first-order valence-corrected chi connectivity index (χ1v) is 5.89. The second-order valence-electron chi connectivity index (χ2n) is 4.34. The molecule has 3 rings (SSSR count). The number of anilines is 1. The summed E-state index contributed by atoms with van der Waals surface area (Å²) < 4.78 is 3.41. The fourth-order valence-corrected chi connectivity index (χ4v) is 2.06. The van der Waals surface area contributed by atoms with Gasteiger partial charge in [0.05, 0.1) is 5.56 Å². The minimum Gasteiger partial charge on any atom is -0.383 e. The van der Waals surface area contributed by atoms with Gasteiger partial charge >= 0.3 is 0 Å². The van der Waals surface area contributed by atoms with Crippen molar-refractivity contribution in [3.8, 4) is 22.5 Å². The summed E-state index contributed by atoms with van der Waals surface area (Å²) >= 11 is 0. The molecule has 3 aromatic rings. The molecule has 6 nitrogen and oxygen atoms in total. The van der Waals surface area contributed by atoms with Gasteiger partial charge in [-0.2, -0.15) is 10.2 Å². The number of hydrogen-bond acceptors (Lipinski definition) is 4. The maximum absolute atomic E-state index is 6.13. The number of aryl methyl sites for hydroxylation is 2. The molecule has 0 radical (unpaired) electrons. The molecule has 0 saturated heterocycles. The smallest absolute Gasteiger partial charge is 0.129 e. The zero-order valence-corrected chi connectivity index (χ0v) is 10.8. The van der Waals surface area contributed by atoms with Crippen LogP contribution in [-0.4, -0.2) is 24.5 Å². The van der Waals surface area contributed by atoms with E-state index in [0.717, 1.165) is 22.5 Å². The highest BCUT2D eigenvalue weighted by Crippen LogP contribution is 2.34. The maximum atomic E-state index is 6.13. The van der Waals surface area contributed by atoms with Crippen molar-refractivity contribution < 1.29 is 0 Å². The molecule has 0 amide bonds. The number of hydrogen-bond donors (Lipinski definition) is 1. The third kappa shape index (κ3) is 1.87. The average molecular weight is 254 g/mol. The number of nitrogens with zero attached hydrogens (tertiary/aromatic N) is 5. The molecule has 0 aliphatic heterocycles. The van der Waals surface area contributed by atoms with Gasteiger partial charge in [-0.15, -0.1) is 0 Å². The highest BCUT2D eigenvalue weighted by Gasteiger charge is 2.18. The van der Waals surface area contributed by atoms with Crippen LogP contribution in [0.1, 0.15) is 0 Å². The minimum absolute atomic E-state index is 0.617. The molecule has 0 bridgehead atoms. The van der Waals surface area contributed by atoms with Crippen LogP contribution in [0.5, 0.6) is 0 Å². The first-order valence-electron chi connectivity index (χ1n) is 5.89. The van der Waals surface area contributed by atoms with Gasteiger partial charge in [-0.25, -0.2) is 0 Å². The van der Waals surface area contributed by atoms with Crippen LogP contribution in [0.25, 0.3) is 22.5 Å². The van der Waals surface area contributed by atoms with Crippen LogP contribution in [-0.2, 0) is 14.1 Å². The van der Waals surface area contributed by atoms with E-state index in [2.05, 4.69) is 15.2 Å². The fraction of sp³-hybridized carbons (Fsp3) is 0.154. The Morgan fingerprint density at radius 1 is 1.05 bits per heavy atom. The number of nitrogen functional groups attached to an aromatic ring is 1. The van der Waals surface area contributed by atoms with Gasteiger partial charge in [-0.05, 0) is 23.8 Å². The third-order valence-electron chi connectivity index (χ3n) is 3.02. The monoisotopic (exact) mass is 254 g/mol. The van der Waals surface area contributed by atoms with Crippen LogP contribution in [0, 0.1) is 0 Å². The molecule has 2 N–H and O–H groups in total. The zero-order valence-electron chi connectivity index (χ0n) is 10.8. The molecule has 0 aliphatic carbocycles. The lowest BCUT2D eigenvalue weighted by atomic mass is 10.1. The molecule has 19 heavy (non-hydrogen) atoms. The van der Waals surface area contributed by atoms with Crippen LogP contribution < -0.4 is 5.73 Å². The van der Waals surface area contributed by atoms with Crippen LogP contribution in [0.3, 0.4) is 0 Å². The number of nitrogens with two attached hydrogens (primary N) is 1.